The van der Waals surface area contributed by atoms with Crippen molar-refractivity contribution in [3.63, 3.8) is 0 Å². The molecule has 0 radical (unpaired) electrons. The van der Waals surface area contributed by atoms with Crippen molar-refractivity contribution in [3.05, 3.63) is 30.1 Å². The van der Waals surface area contributed by atoms with Gasteiger partial charge in [0.25, 0.3) is 0 Å². The van der Waals surface area contributed by atoms with Gasteiger partial charge in [0.15, 0.2) is 0 Å². The maximum atomic E-state index is 12.1. The monoisotopic (exact) mass is 253 g/mol. The van der Waals surface area contributed by atoms with Crippen molar-refractivity contribution in [1.29, 1.82) is 0 Å². The van der Waals surface area contributed by atoms with E-state index in [0.29, 0.717) is 5.69 Å². The Kier molecular flexibility index (Phi) is 4.72. The van der Waals surface area contributed by atoms with Gasteiger partial charge in [-0.1, -0.05) is 6.07 Å². The topological polar surface area (TPSA) is 104 Å². The predicted octanol–water partition coefficient (Wildman–Crippen LogP) is -0.763. The van der Waals surface area contributed by atoms with Crippen LogP contribution < -0.4 is 5.73 Å². The van der Waals surface area contributed by atoms with Gasteiger partial charge in [0.2, 0.25) is 0 Å². The van der Waals surface area contributed by atoms with Crippen molar-refractivity contribution in [2.45, 2.75) is 0 Å². The molecule has 1 aromatic rings. The van der Waals surface area contributed by atoms with Crippen molar-refractivity contribution in [2.24, 2.45) is 0 Å². The first kappa shape index (κ1) is 12.2. The fraction of sp³-hybridized carbons (Fsp3) is 0. The summed E-state index contributed by atoms with van der Waals surface area (Å²) in [6, 6.07) is 5.85. The van der Waals surface area contributed by atoms with Gasteiger partial charge in [-0.15, -0.1) is 0 Å². The van der Waals surface area contributed by atoms with Crippen LogP contribution in [0, 0.1) is 5.82 Å². The summed E-state index contributed by atoms with van der Waals surface area (Å²) in [5.74, 6) is -0.287. The molecular formula is C6H9AsFNO4. The fourth-order valence-corrected chi connectivity index (χ4v) is 0.507. The molecule has 0 unspecified atom stereocenters. The molecule has 0 aliphatic heterocycles. The summed E-state index contributed by atoms with van der Waals surface area (Å²) in [6.45, 7) is 0. The minimum atomic E-state index is -5.12. The van der Waals surface area contributed by atoms with Crippen LogP contribution in [0.4, 0.5) is 10.1 Å². The third kappa shape index (κ3) is 11.2. The van der Waals surface area contributed by atoms with Gasteiger partial charge in [-0.3, -0.25) is 0 Å². The first-order valence-corrected chi connectivity index (χ1v) is 6.37. The van der Waals surface area contributed by atoms with Crippen LogP contribution in [-0.4, -0.2) is 26.8 Å². The van der Waals surface area contributed by atoms with Crippen LogP contribution in [0.1, 0.15) is 0 Å². The van der Waals surface area contributed by atoms with E-state index in [2.05, 4.69) is 0 Å². The summed E-state index contributed by atoms with van der Waals surface area (Å²) in [4.78, 5) is 0. The van der Waals surface area contributed by atoms with Crippen molar-refractivity contribution >= 4 is 20.2 Å². The van der Waals surface area contributed by atoms with Crippen molar-refractivity contribution in [3.8, 4) is 0 Å². The molecule has 0 fully saturated rings. The van der Waals surface area contributed by atoms with E-state index in [4.69, 9.17) is 21.8 Å². The van der Waals surface area contributed by atoms with E-state index in [0.717, 1.165) is 0 Å². The molecule has 13 heavy (non-hydrogen) atoms. The van der Waals surface area contributed by atoms with Crippen LogP contribution in [0.3, 0.4) is 0 Å². The molecule has 7 heteroatoms. The van der Waals surface area contributed by atoms with E-state index in [1.54, 1.807) is 12.1 Å². The summed E-state index contributed by atoms with van der Waals surface area (Å²) >= 11 is -5.12. The Morgan fingerprint density at radius 3 is 2.00 bits per heavy atom. The predicted molar refractivity (Wildman–Crippen MR) is 43.9 cm³/mol. The van der Waals surface area contributed by atoms with Crippen LogP contribution in [0.15, 0.2) is 24.3 Å². The fourth-order valence-electron chi connectivity index (χ4n) is 0.507. The SMILES string of the molecule is Nc1cccc(F)c1.O=[As](O)(O)O. The summed E-state index contributed by atoms with van der Waals surface area (Å²) in [5, 5.41) is 0. The normalized spacial score (nSPS) is 10.2. The van der Waals surface area contributed by atoms with E-state index < -0.39 is 14.5 Å². The number of halogens is 1. The molecule has 1 aromatic carbocycles. The van der Waals surface area contributed by atoms with Crippen LogP contribution in [0.25, 0.3) is 0 Å². The summed E-state index contributed by atoms with van der Waals surface area (Å²) in [6.07, 6.45) is 0. The van der Waals surface area contributed by atoms with Crippen molar-refractivity contribution in [2.75, 3.05) is 5.73 Å². The number of hydrogen-bond donors (Lipinski definition) is 4. The zero-order chi connectivity index (χ0) is 10.5. The molecule has 0 aliphatic carbocycles. The summed E-state index contributed by atoms with van der Waals surface area (Å²) in [5.41, 5.74) is 5.68. The molecule has 5 nitrogen and oxygen atoms in total. The van der Waals surface area contributed by atoms with Gasteiger partial charge < -0.3 is 5.73 Å². The van der Waals surface area contributed by atoms with Crippen LogP contribution in [0.5, 0.6) is 0 Å². The van der Waals surface area contributed by atoms with Crippen molar-refractivity contribution in [1.82, 2.24) is 0 Å². The minimum absolute atomic E-state index is 0.287. The molecule has 1 rings (SSSR count). The Hall–Kier alpha value is -0.812. The molecule has 0 saturated carbocycles. The number of nitrogens with two attached hydrogens (primary N) is 1. The van der Waals surface area contributed by atoms with Crippen LogP contribution in [0.2, 0.25) is 0 Å². The van der Waals surface area contributed by atoms with E-state index in [1.165, 1.54) is 12.1 Å². The van der Waals surface area contributed by atoms with Crippen molar-refractivity contribution < 1.29 is 20.4 Å². The molecule has 0 spiro atoms. The van der Waals surface area contributed by atoms with Crippen LogP contribution in [-0.2, 0) is 3.74 Å². The zero-order valence-electron chi connectivity index (χ0n) is 6.46. The Balaban J connectivity index is 0.000000252. The van der Waals surface area contributed by atoms with E-state index in [-0.39, 0.29) is 5.82 Å². The molecule has 0 aliphatic rings. The van der Waals surface area contributed by atoms with Gasteiger partial charge >= 0.3 is 30.5 Å². The molecular weight excluding hydrogens is 244 g/mol. The molecule has 74 valence electrons. The molecule has 0 aromatic heterocycles. The first-order valence-electron chi connectivity index (χ1n) is 3.08. The van der Waals surface area contributed by atoms with Gasteiger partial charge in [-0.25, -0.2) is 4.39 Å². The molecule has 5 N–H and O–H groups in total. The second kappa shape index (κ2) is 5.03. The van der Waals surface area contributed by atoms with Gasteiger partial charge in [0, 0.05) is 5.69 Å². The Bertz CT molecular complexity index is 288. The van der Waals surface area contributed by atoms with E-state index in [9.17, 15) is 4.39 Å². The maximum absolute atomic E-state index is 12.1. The molecule has 0 bridgehead atoms. The quantitative estimate of drug-likeness (QED) is 0.359. The van der Waals surface area contributed by atoms with Gasteiger partial charge in [0.1, 0.15) is 5.82 Å². The third-order valence-electron chi connectivity index (χ3n) is 0.849. The Morgan fingerprint density at radius 2 is 1.77 bits per heavy atom. The number of benzene rings is 1. The molecule has 0 heterocycles. The number of nitrogen functional groups attached to an aromatic ring is 1. The summed E-state index contributed by atoms with van der Waals surface area (Å²) in [7, 11) is 0. The second-order valence-electron chi connectivity index (χ2n) is 2.07. The molecule has 0 saturated heterocycles. The average Bonchev–Trinajstić information content (AvgIpc) is 1.81. The standard InChI is InChI=1S/C6H6FN.AsH3O4/c7-5-2-1-3-6(8)4-5;2-1(3,4)5/h1-4H,8H2;(H3,2,3,4,5). The number of hydrogen-bond acceptors (Lipinski definition) is 2. The number of anilines is 1. The molecule has 0 atom stereocenters. The van der Waals surface area contributed by atoms with E-state index in [1.807, 2.05) is 0 Å². The van der Waals surface area contributed by atoms with E-state index >= 15 is 0 Å². The molecule has 0 amide bonds. The Labute approximate surface area is 77.0 Å². The van der Waals surface area contributed by atoms with Gasteiger partial charge in [-0.2, -0.15) is 0 Å². The zero-order valence-corrected chi connectivity index (χ0v) is 8.34. The first-order chi connectivity index (χ1) is 5.79. The average molecular weight is 253 g/mol. The number of rotatable bonds is 0. The van der Waals surface area contributed by atoms with Gasteiger partial charge in [-0.05, 0) is 18.2 Å². The van der Waals surface area contributed by atoms with Gasteiger partial charge in [0.05, 0.1) is 0 Å². The second-order valence-corrected chi connectivity index (χ2v) is 4.22. The summed E-state index contributed by atoms with van der Waals surface area (Å²) < 4.78 is 42.8. The Morgan fingerprint density at radius 1 is 1.31 bits per heavy atom. The third-order valence-corrected chi connectivity index (χ3v) is 0.849. The van der Waals surface area contributed by atoms with Crippen LogP contribution >= 0.6 is 0 Å².